The van der Waals surface area contributed by atoms with Crippen LogP contribution in [0.25, 0.3) is 0 Å². The minimum Gasteiger partial charge on any atom is -0.478 e. The van der Waals surface area contributed by atoms with Crippen molar-refractivity contribution in [2.75, 3.05) is 25.5 Å². The largest absolute Gasteiger partial charge is 0.478 e. The molecule has 6 nitrogen and oxygen atoms in total. The Morgan fingerprint density at radius 1 is 1.38 bits per heavy atom. The Morgan fingerprint density at radius 2 is 2.05 bits per heavy atom. The molecule has 0 saturated carbocycles. The maximum atomic E-state index is 12.1. The van der Waals surface area contributed by atoms with Gasteiger partial charge in [0, 0.05) is 25.9 Å². The third-order valence-corrected chi connectivity index (χ3v) is 3.84. The first-order valence-corrected chi connectivity index (χ1v) is 7.00. The van der Waals surface area contributed by atoms with E-state index in [-0.39, 0.29) is 22.7 Å². The normalized spacial score (nSPS) is 15.8. The molecular weight excluding hydrogens is 296 g/mol. The number of nitrogens with one attached hydrogen (secondary N) is 1. The van der Waals surface area contributed by atoms with Crippen molar-refractivity contribution in [3.8, 4) is 0 Å². The van der Waals surface area contributed by atoms with Gasteiger partial charge in [-0.25, -0.2) is 9.59 Å². The van der Waals surface area contributed by atoms with Crippen LogP contribution in [0.5, 0.6) is 0 Å². The maximum absolute atomic E-state index is 12.1. The number of rotatable bonds is 3. The highest BCUT2D eigenvalue weighted by atomic mass is 35.5. The highest BCUT2D eigenvalue weighted by Crippen LogP contribution is 2.21. The molecule has 7 heteroatoms. The number of benzene rings is 1. The summed E-state index contributed by atoms with van der Waals surface area (Å²) >= 11 is 5.79. The molecule has 0 bridgehead atoms. The van der Waals surface area contributed by atoms with E-state index in [4.69, 9.17) is 21.4 Å². The van der Waals surface area contributed by atoms with Gasteiger partial charge in [-0.2, -0.15) is 0 Å². The lowest BCUT2D eigenvalue weighted by molar-refractivity contribution is 0.0521. The summed E-state index contributed by atoms with van der Waals surface area (Å²) in [4.78, 5) is 24.8. The van der Waals surface area contributed by atoms with Crippen LogP contribution >= 0.6 is 11.6 Å². The van der Waals surface area contributed by atoms with E-state index in [1.807, 2.05) is 0 Å². The maximum Gasteiger partial charge on any atom is 0.337 e. The lowest BCUT2D eigenvalue weighted by atomic mass is 10.1. The molecule has 1 aliphatic rings. The number of hydrogen-bond donors (Lipinski definition) is 2. The van der Waals surface area contributed by atoms with Crippen LogP contribution in [0.1, 0.15) is 23.2 Å². The number of halogens is 1. The summed E-state index contributed by atoms with van der Waals surface area (Å²) in [6.45, 7) is 1.23. The minimum absolute atomic E-state index is 0.0347. The van der Waals surface area contributed by atoms with E-state index in [0.29, 0.717) is 18.8 Å². The summed E-state index contributed by atoms with van der Waals surface area (Å²) in [7, 11) is 1.67. The number of carbonyl (C=O) groups excluding carboxylic acids is 1. The van der Waals surface area contributed by atoms with Crippen molar-refractivity contribution in [2.45, 2.75) is 18.9 Å². The van der Waals surface area contributed by atoms with Crippen LogP contribution in [0.3, 0.4) is 0 Å². The van der Waals surface area contributed by atoms with Gasteiger partial charge in [0.05, 0.1) is 16.7 Å². The quantitative estimate of drug-likeness (QED) is 0.899. The molecule has 0 spiro atoms. The van der Waals surface area contributed by atoms with Crippen molar-refractivity contribution in [3.63, 3.8) is 0 Å². The number of ether oxygens (including phenoxy) is 1. The Kier molecular flexibility index (Phi) is 5.03. The molecule has 2 rings (SSSR count). The predicted octanol–water partition coefficient (Wildman–Crippen LogP) is 2.68. The van der Waals surface area contributed by atoms with Crippen molar-refractivity contribution in [2.24, 2.45) is 0 Å². The van der Waals surface area contributed by atoms with Gasteiger partial charge in [-0.15, -0.1) is 0 Å². The molecule has 1 aliphatic heterocycles. The predicted molar refractivity (Wildman–Crippen MR) is 79.0 cm³/mol. The van der Waals surface area contributed by atoms with Gasteiger partial charge in [0.25, 0.3) is 0 Å². The zero-order valence-corrected chi connectivity index (χ0v) is 12.4. The van der Waals surface area contributed by atoms with Gasteiger partial charge < -0.3 is 20.1 Å². The van der Waals surface area contributed by atoms with Gasteiger partial charge in [0.2, 0.25) is 0 Å². The highest BCUT2D eigenvalue weighted by molar-refractivity contribution is 6.33. The van der Waals surface area contributed by atoms with E-state index in [0.717, 1.165) is 12.8 Å². The average Bonchev–Trinajstić information content (AvgIpc) is 2.49. The molecular formula is C14H17ClN2O4. The van der Waals surface area contributed by atoms with E-state index < -0.39 is 5.97 Å². The second-order valence-electron chi connectivity index (χ2n) is 4.85. The van der Waals surface area contributed by atoms with E-state index in [9.17, 15) is 9.59 Å². The average molecular weight is 313 g/mol. The number of aromatic carboxylic acids is 1. The SMILES string of the molecule is COC1CCN(C(=O)Nc2ccc(Cl)c(C(=O)O)c2)CC1. The highest BCUT2D eigenvalue weighted by Gasteiger charge is 2.22. The molecule has 1 fully saturated rings. The van der Waals surface area contributed by atoms with Gasteiger partial charge in [-0.05, 0) is 31.0 Å². The summed E-state index contributed by atoms with van der Waals surface area (Å²) in [5.41, 5.74) is 0.378. The van der Waals surface area contributed by atoms with Crippen molar-refractivity contribution in [1.29, 1.82) is 0 Å². The van der Waals surface area contributed by atoms with Crippen molar-refractivity contribution in [1.82, 2.24) is 4.90 Å². The molecule has 21 heavy (non-hydrogen) atoms. The smallest absolute Gasteiger partial charge is 0.337 e. The van der Waals surface area contributed by atoms with Gasteiger partial charge >= 0.3 is 12.0 Å². The van der Waals surface area contributed by atoms with Gasteiger partial charge in [0.1, 0.15) is 0 Å². The Balaban J connectivity index is 2.00. The first-order valence-electron chi connectivity index (χ1n) is 6.63. The van der Waals surface area contributed by atoms with Crippen LogP contribution in [-0.4, -0.2) is 48.3 Å². The monoisotopic (exact) mass is 312 g/mol. The molecule has 0 atom stereocenters. The molecule has 0 aliphatic carbocycles. The molecule has 0 unspecified atom stereocenters. The van der Waals surface area contributed by atoms with Crippen LogP contribution in [0.15, 0.2) is 18.2 Å². The van der Waals surface area contributed by atoms with Crippen LogP contribution in [0.4, 0.5) is 10.5 Å². The minimum atomic E-state index is -1.13. The zero-order valence-electron chi connectivity index (χ0n) is 11.6. The van der Waals surface area contributed by atoms with Crippen LogP contribution in [0, 0.1) is 0 Å². The van der Waals surface area contributed by atoms with Gasteiger partial charge in [-0.3, -0.25) is 0 Å². The molecule has 0 radical (unpaired) electrons. The Bertz CT molecular complexity index is 542. The number of nitrogens with zero attached hydrogens (tertiary/aromatic N) is 1. The second-order valence-corrected chi connectivity index (χ2v) is 5.26. The number of urea groups is 1. The second kappa shape index (κ2) is 6.78. The molecule has 1 aromatic carbocycles. The number of carboxylic acid groups (broad SMARTS) is 1. The fourth-order valence-electron chi connectivity index (χ4n) is 2.26. The van der Waals surface area contributed by atoms with Crippen LogP contribution in [-0.2, 0) is 4.74 Å². The third-order valence-electron chi connectivity index (χ3n) is 3.51. The third kappa shape index (κ3) is 3.86. The summed E-state index contributed by atoms with van der Waals surface area (Å²) in [5.74, 6) is -1.13. The number of piperidine rings is 1. The molecule has 1 saturated heterocycles. The number of likely N-dealkylation sites (tertiary alicyclic amines) is 1. The standard InChI is InChI=1S/C14H17ClN2O4/c1-21-10-4-6-17(7-5-10)14(20)16-9-2-3-12(15)11(8-9)13(18)19/h2-3,8,10H,4-7H2,1H3,(H,16,20)(H,18,19). The lowest BCUT2D eigenvalue weighted by Crippen LogP contribution is -2.42. The molecule has 1 aromatic rings. The molecule has 114 valence electrons. The van der Waals surface area contributed by atoms with Gasteiger partial charge in [-0.1, -0.05) is 11.6 Å². The molecule has 2 N–H and O–H groups in total. The summed E-state index contributed by atoms with van der Waals surface area (Å²) in [5, 5.41) is 11.8. The lowest BCUT2D eigenvalue weighted by Gasteiger charge is -2.31. The van der Waals surface area contributed by atoms with Crippen molar-refractivity contribution < 1.29 is 19.4 Å². The number of carbonyl (C=O) groups is 2. The fourth-order valence-corrected chi connectivity index (χ4v) is 2.46. The summed E-state index contributed by atoms with van der Waals surface area (Å²) in [6, 6.07) is 4.14. The van der Waals surface area contributed by atoms with E-state index >= 15 is 0 Å². The topological polar surface area (TPSA) is 78.9 Å². The van der Waals surface area contributed by atoms with Crippen LogP contribution < -0.4 is 5.32 Å². The van der Waals surface area contributed by atoms with Gasteiger partial charge in [0.15, 0.2) is 0 Å². The molecule has 1 heterocycles. The number of methoxy groups -OCH3 is 1. The Morgan fingerprint density at radius 3 is 2.62 bits per heavy atom. The summed E-state index contributed by atoms with van der Waals surface area (Å²) < 4.78 is 5.25. The van der Waals surface area contributed by atoms with E-state index in [1.54, 1.807) is 18.1 Å². The fraction of sp³-hybridized carbons (Fsp3) is 0.429. The summed E-state index contributed by atoms with van der Waals surface area (Å²) in [6.07, 6.45) is 1.79. The Labute approximate surface area is 127 Å². The first kappa shape index (κ1) is 15.6. The number of anilines is 1. The molecule has 0 aromatic heterocycles. The number of amides is 2. The first-order chi connectivity index (χ1) is 10.0. The molecule has 2 amide bonds. The van der Waals surface area contributed by atoms with Crippen molar-refractivity contribution in [3.05, 3.63) is 28.8 Å². The Hall–Kier alpha value is -1.79. The van der Waals surface area contributed by atoms with Crippen molar-refractivity contribution >= 4 is 29.3 Å². The van der Waals surface area contributed by atoms with E-state index in [2.05, 4.69) is 5.32 Å². The van der Waals surface area contributed by atoms with E-state index in [1.165, 1.54) is 12.1 Å². The zero-order chi connectivity index (χ0) is 15.4. The number of hydrogen-bond acceptors (Lipinski definition) is 3. The van der Waals surface area contributed by atoms with Crippen LogP contribution in [0.2, 0.25) is 5.02 Å². The number of carboxylic acids is 1.